The fourth-order valence-corrected chi connectivity index (χ4v) is 5.31. The monoisotopic (exact) mass is 620 g/mol. The van der Waals surface area contributed by atoms with Gasteiger partial charge in [0.1, 0.15) is 12.2 Å². The predicted octanol–water partition coefficient (Wildman–Crippen LogP) is 3.58. The molecule has 1 aliphatic rings. The van der Waals surface area contributed by atoms with Crippen LogP contribution in [0.15, 0.2) is 0 Å². The van der Waals surface area contributed by atoms with Crippen molar-refractivity contribution in [1.29, 1.82) is 0 Å². The highest BCUT2D eigenvalue weighted by Gasteiger charge is 2.47. The summed E-state index contributed by atoms with van der Waals surface area (Å²) in [4.78, 5) is 0. The van der Waals surface area contributed by atoms with E-state index >= 15 is 0 Å². The number of rotatable bonds is 27. The van der Waals surface area contributed by atoms with Gasteiger partial charge < -0.3 is 45.5 Å². The Labute approximate surface area is 264 Å². The summed E-state index contributed by atoms with van der Waals surface area (Å²) in [5.74, 6) is 0.270. The van der Waals surface area contributed by atoms with Crippen molar-refractivity contribution in [2.45, 2.75) is 135 Å². The summed E-state index contributed by atoms with van der Waals surface area (Å²) in [5.41, 5.74) is 0. The Morgan fingerprint density at radius 1 is 0.595 bits per heavy atom. The summed E-state index contributed by atoms with van der Waals surface area (Å²) in [6.07, 6.45) is 4.22. The van der Waals surface area contributed by atoms with Crippen molar-refractivity contribution in [3.63, 3.8) is 0 Å². The van der Waals surface area contributed by atoms with Gasteiger partial charge in [-0.2, -0.15) is 12.6 Å². The summed E-state index contributed by atoms with van der Waals surface area (Å²) in [5, 5.41) is 17.7. The van der Waals surface area contributed by atoms with Crippen molar-refractivity contribution in [2.75, 3.05) is 65.7 Å². The zero-order valence-electron chi connectivity index (χ0n) is 28.4. The summed E-state index contributed by atoms with van der Waals surface area (Å²) < 4.78 is 26.7. The van der Waals surface area contributed by atoms with Crippen LogP contribution in [0.25, 0.3) is 0 Å². The van der Waals surface area contributed by atoms with Crippen LogP contribution in [0.1, 0.15) is 87.5 Å². The van der Waals surface area contributed by atoms with E-state index in [2.05, 4.69) is 87.7 Å². The Kier molecular flexibility index (Phi) is 24.0. The molecular weight excluding hydrogens is 550 g/mol. The molecule has 1 fully saturated rings. The molecule has 0 radical (unpaired) electrons. The molecule has 0 bridgehead atoms. The van der Waals surface area contributed by atoms with Crippen molar-refractivity contribution >= 4 is 12.6 Å². The molecule has 0 spiro atoms. The lowest BCUT2D eigenvalue weighted by atomic mass is 9.79. The molecule has 1 aliphatic carbocycles. The van der Waals surface area contributed by atoms with Crippen LogP contribution in [-0.4, -0.2) is 114 Å². The van der Waals surface area contributed by atoms with Gasteiger partial charge in [-0.05, 0) is 71.8 Å². The second kappa shape index (κ2) is 25.2. The van der Waals surface area contributed by atoms with E-state index in [1.165, 1.54) is 0 Å². The fourth-order valence-electron chi connectivity index (χ4n) is 5.18. The van der Waals surface area contributed by atoms with E-state index in [4.69, 9.17) is 18.9 Å². The lowest BCUT2D eigenvalue weighted by Crippen LogP contribution is -2.59. The van der Waals surface area contributed by atoms with E-state index < -0.39 is 0 Å². The SMILES string of the molecule is CCNCCCOC1C(OCCCNC(C)C)CC(CNC(C)C)C(OCCCNC(C)C)C1OCCCNC(C)S. The third-order valence-corrected chi connectivity index (χ3v) is 7.50. The minimum Gasteiger partial charge on any atom is -0.375 e. The molecule has 1 saturated carbocycles. The maximum Gasteiger partial charge on any atom is 0.113 e. The number of hydrogen-bond donors (Lipinski definition) is 6. The molecule has 9 nitrogen and oxygen atoms in total. The number of nitrogens with one attached hydrogen (secondary N) is 5. The molecule has 1 rings (SSSR count). The molecule has 6 unspecified atom stereocenters. The molecule has 0 aromatic carbocycles. The van der Waals surface area contributed by atoms with Crippen molar-refractivity contribution in [3.05, 3.63) is 0 Å². The normalized spacial score (nSPS) is 23.9. The minimum absolute atomic E-state index is 0.0369. The average Bonchev–Trinajstić information content (AvgIpc) is 2.92. The zero-order chi connectivity index (χ0) is 31.2. The molecule has 0 aliphatic heterocycles. The standard InChI is InChI=1S/C32H69N5O4S/c1-9-33-14-10-19-40-31-29(38-18-11-15-34-24(2)3)22-28(23-37-26(6)7)30(39-20-12-16-35-25(4)5)32(31)41-21-13-17-36-27(8)42/h24-37,42H,9-23H2,1-8H3. The van der Waals surface area contributed by atoms with E-state index in [0.717, 1.165) is 71.4 Å². The number of ether oxygens (including phenoxy) is 4. The minimum atomic E-state index is -0.192. The Bertz CT molecular complexity index is 617. The summed E-state index contributed by atoms with van der Waals surface area (Å²) in [7, 11) is 0. The highest BCUT2D eigenvalue weighted by atomic mass is 32.1. The smallest absolute Gasteiger partial charge is 0.113 e. The van der Waals surface area contributed by atoms with Crippen LogP contribution < -0.4 is 26.6 Å². The van der Waals surface area contributed by atoms with Gasteiger partial charge in [0.15, 0.2) is 0 Å². The molecule has 6 atom stereocenters. The van der Waals surface area contributed by atoms with Crippen molar-refractivity contribution < 1.29 is 18.9 Å². The van der Waals surface area contributed by atoms with E-state index in [9.17, 15) is 0 Å². The lowest BCUT2D eigenvalue weighted by molar-refractivity contribution is -0.219. The first kappa shape index (κ1) is 40.0. The third kappa shape index (κ3) is 19.4. The van der Waals surface area contributed by atoms with Crippen LogP contribution >= 0.6 is 12.6 Å². The molecule has 0 saturated heterocycles. The van der Waals surface area contributed by atoms with Crippen LogP contribution in [0.3, 0.4) is 0 Å². The Morgan fingerprint density at radius 3 is 1.60 bits per heavy atom. The van der Waals surface area contributed by atoms with Gasteiger partial charge in [-0.1, -0.05) is 48.5 Å². The molecule has 0 aromatic heterocycles. The van der Waals surface area contributed by atoms with E-state index in [-0.39, 0.29) is 35.7 Å². The lowest BCUT2D eigenvalue weighted by Gasteiger charge is -2.46. The molecule has 0 aromatic rings. The third-order valence-electron chi connectivity index (χ3n) is 7.32. The maximum absolute atomic E-state index is 6.72. The summed E-state index contributed by atoms with van der Waals surface area (Å²) in [6, 6.07) is 1.35. The van der Waals surface area contributed by atoms with Crippen LogP contribution in [0.2, 0.25) is 0 Å². The summed E-state index contributed by atoms with van der Waals surface area (Å²) >= 11 is 4.45. The number of hydrogen-bond acceptors (Lipinski definition) is 10. The van der Waals surface area contributed by atoms with Gasteiger partial charge in [-0.15, -0.1) is 0 Å². The predicted molar refractivity (Wildman–Crippen MR) is 180 cm³/mol. The van der Waals surface area contributed by atoms with Crippen LogP contribution in [0.5, 0.6) is 0 Å². The highest BCUT2D eigenvalue weighted by Crippen LogP contribution is 2.34. The number of thiol groups is 1. The van der Waals surface area contributed by atoms with Gasteiger partial charge in [0, 0.05) is 62.4 Å². The molecule has 252 valence electrons. The quantitative estimate of drug-likeness (QED) is 0.0469. The van der Waals surface area contributed by atoms with Crippen molar-refractivity contribution in [1.82, 2.24) is 26.6 Å². The second-order valence-electron chi connectivity index (χ2n) is 12.6. The topological polar surface area (TPSA) is 97.1 Å². The molecule has 10 heteroatoms. The van der Waals surface area contributed by atoms with E-state index in [1.54, 1.807) is 0 Å². The fraction of sp³-hybridized carbons (Fsp3) is 1.00. The maximum atomic E-state index is 6.72. The highest BCUT2D eigenvalue weighted by molar-refractivity contribution is 7.80. The van der Waals surface area contributed by atoms with Crippen LogP contribution in [-0.2, 0) is 18.9 Å². The Morgan fingerprint density at radius 2 is 1.07 bits per heavy atom. The Balaban J connectivity index is 3.10. The van der Waals surface area contributed by atoms with Gasteiger partial charge in [-0.25, -0.2) is 0 Å². The van der Waals surface area contributed by atoms with Gasteiger partial charge in [0.05, 0.1) is 12.2 Å². The van der Waals surface area contributed by atoms with Crippen molar-refractivity contribution in [2.24, 2.45) is 5.92 Å². The van der Waals surface area contributed by atoms with Crippen molar-refractivity contribution in [3.8, 4) is 0 Å². The molecule has 0 amide bonds. The first-order chi connectivity index (χ1) is 20.1. The second-order valence-corrected chi connectivity index (χ2v) is 13.4. The molecule has 0 heterocycles. The first-order valence-corrected chi connectivity index (χ1v) is 17.5. The first-order valence-electron chi connectivity index (χ1n) is 16.9. The van der Waals surface area contributed by atoms with Crippen LogP contribution in [0, 0.1) is 5.92 Å². The van der Waals surface area contributed by atoms with E-state index in [0.29, 0.717) is 44.6 Å². The molecule has 5 N–H and O–H groups in total. The van der Waals surface area contributed by atoms with Gasteiger partial charge in [0.2, 0.25) is 0 Å². The van der Waals surface area contributed by atoms with Gasteiger partial charge in [-0.3, -0.25) is 0 Å². The van der Waals surface area contributed by atoms with Crippen LogP contribution in [0.4, 0.5) is 0 Å². The Hall–Kier alpha value is -0.0100. The van der Waals surface area contributed by atoms with E-state index in [1.807, 2.05) is 6.92 Å². The van der Waals surface area contributed by atoms with Gasteiger partial charge >= 0.3 is 0 Å². The molecule has 42 heavy (non-hydrogen) atoms. The zero-order valence-corrected chi connectivity index (χ0v) is 29.3. The molecular formula is C32H69N5O4S. The summed E-state index contributed by atoms with van der Waals surface area (Å²) in [6.45, 7) is 25.5. The van der Waals surface area contributed by atoms with Gasteiger partial charge in [0.25, 0.3) is 0 Å². The largest absolute Gasteiger partial charge is 0.375 e. The average molecular weight is 620 g/mol.